The van der Waals surface area contributed by atoms with E-state index >= 15 is 0 Å². The minimum Gasteiger partial charge on any atom is -0.381 e. The van der Waals surface area contributed by atoms with Crippen LogP contribution in [0.15, 0.2) is 10.9 Å². The minimum absolute atomic E-state index is 0.0878. The van der Waals surface area contributed by atoms with E-state index in [0.29, 0.717) is 23.4 Å². The minimum atomic E-state index is -0.203. The van der Waals surface area contributed by atoms with Gasteiger partial charge in [0.25, 0.3) is 5.56 Å². The molecule has 2 heterocycles. The van der Waals surface area contributed by atoms with Crippen molar-refractivity contribution < 1.29 is 9.53 Å². The predicted molar refractivity (Wildman–Crippen MR) is 85.3 cm³/mol. The van der Waals surface area contributed by atoms with Gasteiger partial charge in [0.2, 0.25) is 0 Å². The van der Waals surface area contributed by atoms with Crippen LogP contribution < -0.4 is 16.2 Å². The van der Waals surface area contributed by atoms with Crippen molar-refractivity contribution >= 4 is 6.03 Å². The van der Waals surface area contributed by atoms with Crippen LogP contribution in [0.5, 0.6) is 0 Å². The lowest BCUT2D eigenvalue weighted by Gasteiger charge is -2.10. The van der Waals surface area contributed by atoms with Gasteiger partial charge in [-0.15, -0.1) is 0 Å². The summed E-state index contributed by atoms with van der Waals surface area (Å²) < 4.78 is 5.45. The van der Waals surface area contributed by atoms with Gasteiger partial charge in [-0.1, -0.05) is 0 Å². The van der Waals surface area contributed by atoms with Crippen LogP contribution in [0.25, 0.3) is 0 Å². The van der Waals surface area contributed by atoms with E-state index in [0.717, 1.165) is 51.0 Å². The summed E-state index contributed by atoms with van der Waals surface area (Å²) in [6.07, 6.45) is 5.32. The number of aromatic nitrogens is 1. The lowest BCUT2D eigenvalue weighted by Crippen LogP contribution is -2.38. The van der Waals surface area contributed by atoms with Crippen molar-refractivity contribution in [1.82, 2.24) is 15.6 Å². The molecule has 1 saturated heterocycles. The first kappa shape index (κ1) is 14.8. The van der Waals surface area contributed by atoms with E-state index in [1.54, 1.807) is 0 Å². The number of pyridine rings is 1. The molecule has 1 saturated carbocycles. The lowest BCUT2D eigenvalue weighted by molar-refractivity contribution is 0.178. The number of urea groups is 1. The average molecular weight is 317 g/mol. The number of rotatable bonds is 4. The van der Waals surface area contributed by atoms with Gasteiger partial charge in [-0.2, -0.15) is 0 Å². The number of aryl methyl sites for hydroxylation is 2. The van der Waals surface area contributed by atoms with E-state index in [4.69, 9.17) is 4.74 Å². The van der Waals surface area contributed by atoms with Crippen molar-refractivity contribution in [3.05, 3.63) is 33.2 Å². The van der Waals surface area contributed by atoms with Gasteiger partial charge in [-0.25, -0.2) is 4.79 Å². The molecule has 4 rings (SSSR count). The number of amides is 2. The van der Waals surface area contributed by atoms with Crippen molar-refractivity contribution in [2.24, 2.45) is 11.3 Å². The summed E-state index contributed by atoms with van der Waals surface area (Å²) in [6.45, 7) is 2.65. The molecule has 0 bridgehead atoms. The fourth-order valence-corrected chi connectivity index (χ4v) is 3.97. The van der Waals surface area contributed by atoms with Gasteiger partial charge in [0.15, 0.2) is 0 Å². The zero-order valence-electron chi connectivity index (χ0n) is 13.2. The SMILES string of the molecule is O=C(NCc1cc2c([nH]c1=O)CCC2)NCC1CC12CCOC2. The molecule has 6 heteroatoms. The second kappa shape index (κ2) is 5.67. The number of carbonyl (C=O) groups is 1. The number of fused-ring (bicyclic) bond motifs is 1. The molecule has 2 atom stereocenters. The van der Waals surface area contributed by atoms with E-state index in [2.05, 4.69) is 15.6 Å². The van der Waals surface area contributed by atoms with Gasteiger partial charge in [0.05, 0.1) is 6.61 Å². The zero-order chi connectivity index (χ0) is 15.9. The summed E-state index contributed by atoms with van der Waals surface area (Å²) in [5.41, 5.74) is 3.15. The second-order valence-electron chi connectivity index (χ2n) is 7.11. The molecule has 23 heavy (non-hydrogen) atoms. The molecule has 2 aliphatic carbocycles. The number of hydrogen-bond donors (Lipinski definition) is 3. The molecule has 6 nitrogen and oxygen atoms in total. The molecule has 2 unspecified atom stereocenters. The summed E-state index contributed by atoms with van der Waals surface area (Å²) in [5, 5.41) is 5.71. The number of hydrogen-bond acceptors (Lipinski definition) is 3. The molecule has 3 N–H and O–H groups in total. The van der Waals surface area contributed by atoms with E-state index in [1.807, 2.05) is 6.07 Å². The maximum Gasteiger partial charge on any atom is 0.315 e. The van der Waals surface area contributed by atoms with Crippen molar-refractivity contribution in [2.75, 3.05) is 19.8 Å². The van der Waals surface area contributed by atoms with Crippen molar-refractivity contribution in [3.8, 4) is 0 Å². The molecular formula is C17H23N3O3. The largest absolute Gasteiger partial charge is 0.381 e. The number of nitrogens with one attached hydrogen (secondary N) is 3. The van der Waals surface area contributed by atoms with Crippen LogP contribution in [-0.2, 0) is 24.1 Å². The molecule has 1 aromatic heterocycles. The van der Waals surface area contributed by atoms with Crippen LogP contribution >= 0.6 is 0 Å². The third-order valence-electron chi connectivity index (χ3n) is 5.61. The Balaban J connectivity index is 1.26. The fourth-order valence-electron chi connectivity index (χ4n) is 3.97. The van der Waals surface area contributed by atoms with Crippen LogP contribution in [-0.4, -0.2) is 30.8 Å². The van der Waals surface area contributed by atoms with Crippen molar-refractivity contribution in [3.63, 3.8) is 0 Å². The zero-order valence-corrected chi connectivity index (χ0v) is 13.2. The molecular weight excluding hydrogens is 294 g/mol. The Morgan fingerprint density at radius 2 is 2.30 bits per heavy atom. The molecule has 1 spiro atoms. The third kappa shape index (κ3) is 2.87. The van der Waals surface area contributed by atoms with E-state index in [9.17, 15) is 9.59 Å². The summed E-state index contributed by atoms with van der Waals surface area (Å²) in [5.74, 6) is 0.541. The van der Waals surface area contributed by atoms with Crippen LogP contribution in [0.2, 0.25) is 0 Å². The normalized spacial score (nSPS) is 27.9. The molecule has 1 aliphatic heterocycles. The van der Waals surface area contributed by atoms with Crippen LogP contribution in [0, 0.1) is 11.3 Å². The van der Waals surface area contributed by atoms with Crippen molar-refractivity contribution in [2.45, 2.75) is 38.6 Å². The molecule has 124 valence electrons. The molecule has 2 amide bonds. The molecule has 1 aromatic rings. The number of carbonyl (C=O) groups excluding carboxylic acids is 1. The first-order chi connectivity index (χ1) is 11.2. The Morgan fingerprint density at radius 3 is 3.13 bits per heavy atom. The third-order valence-corrected chi connectivity index (χ3v) is 5.61. The highest BCUT2D eigenvalue weighted by atomic mass is 16.5. The Hall–Kier alpha value is -1.82. The first-order valence-corrected chi connectivity index (χ1v) is 8.50. The number of ether oxygens (including phenoxy) is 1. The van der Waals surface area contributed by atoms with E-state index in [-0.39, 0.29) is 18.1 Å². The smallest absolute Gasteiger partial charge is 0.315 e. The lowest BCUT2D eigenvalue weighted by atomic mass is 10.0. The first-order valence-electron chi connectivity index (χ1n) is 8.50. The Labute approximate surface area is 135 Å². The Morgan fingerprint density at radius 1 is 1.39 bits per heavy atom. The Bertz CT molecular complexity index is 676. The molecule has 0 aromatic carbocycles. The standard InChI is InChI=1S/C17H23N3O3/c21-15-12(6-11-2-1-3-14(11)20-15)8-18-16(22)19-9-13-7-17(13)4-5-23-10-17/h6,13H,1-5,7-10H2,(H,20,21)(H2,18,19,22). The van der Waals surface area contributed by atoms with Crippen LogP contribution in [0.4, 0.5) is 4.79 Å². The van der Waals surface area contributed by atoms with Gasteiger partial charge in [0, 0.05) is 36.4 Å². The molecule has 0 radical (unpaired) electrons. The maximum absolute atomic E-state index is 12.0. The maximum atomic E-state index is 12.0. The highest BCUT2D eigenvalue weighted by Crippen LogP contribution is 2.57. The molecule has 3 aliphatic rings. The van der Waals surface area contributed by atoms with E-state index < -0.39 is 0 Å². The predicted octanol–water partition coefficient (Wildman–Crippen LogP) is 1.09. The van der Waals surface area contributed by atoms with Crippen LogP contribution in [0.1, 0.15) is 36.1 Å². The molecule has 2 fully saturated rings. The van der Waals surface area contributed by atoms with Gasteiger partial charge < -0.3 is 20.4 Å². The number of H-pyrrole nitrogens is 1. The van der Waals surface area contributed by atoms with Gasteiger partial charge in [-0.05, 0) is 49.7 Å². The summed E-state index contributed by atoms with van der Waals surface area (Å²) >= 11 is 0. The number of aromatic amines is 1. The van der Waals surface area contributed by atoms with Gasteiger partial charge in [-0.3, -0.25) is 4.79 Å². The second-order valence-corrected chi connectivity index (χ2v) is 7.11. The highest BCUT2D eigenvalue weighted by Gasteiger charge is 2.55. The summed E-state index contributed by atoms with van der Waals surface area (Å²) in [7, 11) is 0. The van der Waals surface area contributed by atoms with Crippen LogP contribution in [0.3, 0.4) is 0 Å². The Kier molecular flexibility index (Phi) is 3.64. The summed E-state index contributed by atoms with van der Waals surface area (Å²) in [4.78, 5) is 26.9. The topological polar surface area (TPSA) is 83.2 Å². The fraction of sp³-hybridized carbons (Fsp3) is 0.647. The van der Waals surface area contributed by atoms with Crippen molar-refractivity contribution in [1.29, 1.82) is 0 Å². The quantitative estimate of drug-likeness (QED) is 0.777. The average Bonchev–Trinajstić information content (AvgIpc) is 2.89. The summed E-state index contributed by atoms with van der Waals surface area (Å²) in [6, 6.07) is 1.73. The van der Waals surface area contributed by atoms with Gasteiger partial charge >= 0.3 is 6.03 Å². The van der Waals surface area contributed by atoms with E-state index in [1.165, 1.54) is 5.56 Å². The highest BCUT2D eigenvalue weighted by molar-refractivity contribution is 5.73. The monoisotopic (exact) mass is 317 g/mol. The van der Waals surface area contributed by atoms with Gasteiger partial charge in [0.1, 0.15) is 0 Å².